The fraction of sp³-hybridized carbons (Fsp3) is 0.0870. The zero-order valence-electron chi connectivity index (χ0n) is 16.7. The molecule has 158 valence electrons. The van der Waals surface area contributed by atoms with Crippen molar-refractivity contribution in [3.8, 4) is 0 Å². The Balaban J connectivity index is 1.45. The summed E-state index contributed by atoms with van der Waals surface area (Å²) in [5.41, 5.74) is 7.48. The lowest BCUT2D eigenvalue weighted by Crippen LogP contribution is -2.24. The van der Waals surface area contributed by atoms with Crippen molar-refractivity contribution in [3.05, 3.63) is 97.4 Å². The number of benzene rings is 2. The molecule has 0 spiro atoms. The first kappa shape index (κ1) is 19.8. The van der Waals surface area contributed by atoms with Gasteiger partial charge in [0.25, 0.3) is 5.56 Å². The van der Waals surface area contributed by atoms with Gasteiger partial charge in [-0.15, -0.1) is 11.3 Å². The van der Waals surface area contributed by atoms with E-state index < -0.39 is 11.8 Å². The third-order valence-corrected chi connectivity index (χ3v) is 6.28. The van der Waals surface area contributed by atoms with Gasteiger partial charge in [-0.25, -0.2) is 9.78 Å². The lowest BCUT2D eigenvalue weighted by atomic mass is 9.82. The molecule has 9 heteroatoms. The average Bonchev–Trinajstić information content (AvgIpc) is 3.16. The molecule has 0 saturated carbocycles. The number of hydrogen-bond donors (Lipinski definition) is 1. The molecular formula is C23H15N3O5S. The predicted molar refractivity (Wildman–Crippen MR) is 117 cm³/mol. The lowest BCUT2D eigenvalue weighted by Gasteiger charge is -2.20. The van der Waals surface area contributed by atoms with E-state index in [0.717, 1.165) is 5.69 Å². The Bertz CT molecular complexity index is 1530. The van der Waals surface area contributed by atoms with Crippen LogP contribution in [-0.2, 0) is 11.3 Å². The number of anilines is 1. The number of thiazole rings is 1. The van der Waals surface area contributed by atoms with Gasteiger partial charge in [-0.1, -0.05) is 24.3 Å². The Morgan fingerprint density at radius 1 is 1.06 bits per heavy atom. The molecule has 2 N–H and O–H groups in total. The van der Waals surface area contributed by atoms with Gasteiger partial charge in [-0.05, 0) is 19.1 Å². The van der Waals surface area contributed by atoms with Gasteiger partial charge < -0.3 is 10.5 Å². The molecule has 0 aliphatic heterocycles. The monoisotopic (exact) mass is 445 g/mol. The topological polar surface area (TPSA) is 121 Å². The van der Waals surface area contributed by atoms with Gasteiger partial charge in [-0.3, -0.25) is 18.8 Å². The normalized spacial score (nSPS) is 12.5. The van der Waals surface area contributed by atoms with Crippen molar-refractivity contribution in [1.82, 2.24) is 9.38 Å². The van der Waals surface area contributed by atoms with Crippen LogP contribution in [-0.4, -0.2) is 26.9 Å². The molecule has 0 fully saturated rings. The number of carbonyl (C=O) groups excluding carboxylic acids is 3. The van der Waals surface area contributed by atoms with Gasteiger partial charge in [0.15, 0.2) is 16.5 Å². The van der Waals surface area contributed by atoms with Gasteiger partial charge in [0.05, 0.1) is 22.5 Å². The standard InChI is InChI=1S/C23H15N3O5S/c1-11-10-32-23-25-12(8-17(27)26(11)23)9-31-22(30)16-7-6-15-18(19(16)24)21(29)14-5-3-2-4-13(14)20(15)28/h2-8,10H,9,24H2,1H3. The second-order valence-electron chi connectivity index (χ2n) is 7.31. The summed E-state index contributed by atoms with van der Waals surface area (Å²) in [4.78, 5) is 55.6. The number of esters is 1. The van der Waals surface area contributed by atoms with Crippen LogP contribution in [0.15, 0.2) is 52.6 Å². The van der Waals surface area contributed by atoms with E-state index in [9.17, 15) is 19.2 Å². The number of hydrogen-bond acceptors (Lipinski definition) is 8. The second-order valence-corrected chi connectivity index (χ2v) is 8.15. The number of ether oxygens (including phenoxy) is 1. The Morgan fingerprint density at radius 3 is 2.53 bits per heavy atom. The van der Waals surface area contributed by atoms with Crippen LogP contribution in [0.25, 0.3) is 4.96 Å². The van der Waals surface area contributed by atoms with E-state index in [2.05, 4.69) is 4.98 Å². The Labute approximate surface area is 184 Å². The van der Waals surface area contributed by atoms with Crippen molar-refractivity contribution in [3.63, 3.8) is 0 Å². The largest absolute Gasteiger partial charge is 0.456 e. The van der Waals surface area contributed by atoms with Crippen LogP contribution in [0.4, 0.5) is 5.69 Å². The van der Waals surface area contributed by atoms with E-state index in [1.165, 1.54) is 33.9 Å². The molecule has 5 rings (SSSR count). The van der Waals surface area contributed by atoms with Crippen LogP contribution >= 0.6 is 11.3 Å². The summed E-state index contributed by atoms with van der Waals surface area (Å²) in [6.07, 6.45) is 0. The molecular weight excluding hydrogens is 430 g/mol. The van der Waals surface area contributed by atoms with Gasteiger partial charge in [0.2, 0.25) is 0 Å². The molecule has 0 amide bonds. The SMILES string of the molecule is Cc1csc2nc(COC(=O)c3ccc4c(c3N)C(=O)c3ccccc3C4=O)cc(=O)n12. The number of ketones is 2. The molecule has 8 nitrogen and oxygen atoms in total. The highest BCUT2D eigenvalue weighted by Crippen LogP contribution is 2.33. The fourth-order valence-electron chi connectivity index (χ4n) is 3.78. The molecule has 0 bridgehead atoms. The van der Waals surface area contributed by atoms with E-state index in [1.54, 1.807) is 31.2 Å². The first-order valence-electron chi connectivity index (χ1n) is 9.61. The minimum Gasteiger partial charge on any atom is -0.456 e. The Kier molecular flexibility index (Phi) is 4.49. The molecule has 0 atom stereocenters. The summed E-state index contributed by atoms with van der Waals surface area (Å²) in [7, 11) is 0. The molecule has 1 aliphatic carbocycles. The van der Waals surface area contributed by atoms with E-state index in [-0.39, 0.29) is 45.9 Å². The number of rotatable bonds is 3. The smallest absolute Gasteiger partial charge is 0.340 e. The third-order valence-electron chi connectivity index (χ3n) is 5.33. The van der Waals surface area contributed by atoms with Crippen molar-refractivity contribution in [2.75, 3.05) is 5.73 Å². The Hall–Kier alpha value is -4.11. The van der Waals surface area contributed by atoms with Crippen LogP contribution in [0.2, 0.25) is 0 Å². The van der Waals surface area contributed by atoms with E-state index in [0.29, 0.717) is 16.2 Å². The predicted octanol–water partition coefficient (Wildman–Crippen LogP) is 2.78. The number of nitrogen functional groups attached to an aromatic ring is 1. The number of aryl methyl sites for hydroxylation is 1. The summed E-state index contributed by atoms with van der Waals surface area (Å²) in [5.74, 6) is -1.53. The quantitative estimate of drug-likeness (QED) is 0.335. The van der Waals surface area contributed by atoms with E-state index in [4.69, 9.17) is 10.5 Å². The van der Waals surface area contributed by atoms with Crippen molar-refractivity contribution in [2.45, 2.75) is 13.5 Å². The number of aromatic nitrogens is 2. The number of fused-ring (bicyclic) bond motifs is 3. The highest BCUT2D eigenvalue weighted by Gasteiger charge is 2.33. The summed E-state index contributed by atoms with van der Waals surface area (Å²) in [6, 6.07) is 10.5. The number of nitrogens with zero attached hydrogens (tertiary/aromatic N) is 2. The first-order valence-corrected chi connectivity index (χ1v) is 10.5. The van der Waals surface area contributed by atoms with E-state index >= 15 is 0 Å². The molecule has 2 aromatic carbocycles. The zero-order chi connectivity index (χ0) is 22.6. The van der Waals surface area contributed by atoms with Crippen molar-refractivity contribution in [2.24, 2.45) is 0 Å². The van der Waals surface area contributed by atoms with Gasteiger partial charge >= 0.3 is 5.97 Å². The molecule has 0 radical (unpaired) electrons. The molecule has 2 heterocycles. The second kappa shape index (κ2) is 7.24. The molecule has 0 saturated heterocycles. The maximum absolute atomic E-state index is 13.0. The van der Waals surface area contributed by atoms with Crippen LogP contribution in [0, 0.1) is 6.92 Å². The fourth-order valence-corrected chi connectivity index (χ4v) is 4.67. The van der Waals surface area contributed by atoms with Crippen LogP contribution in [0.5, 0.6) is 0 Å². The summed E-state index contributed by atoms with van der Waals surface area (Å²) in [5, 5.41) is 1.81. The van der Waals surface area contributed by atoms with Crippen molar-refractivity contribution in [1.29, 1.82) is 0 Å². The summed E-state index contributed by atoms with van der Waals surface area (Å²) in [6.45, 7) is 1.56. The van der Waals surface area contributed by atoms with Gasteiger partial charge in [0, 0.05) is 33.8 Å². The van der Waals surface area contributed by atoms with E-state index in [1.807, 2.05) is 5.38 Å². The number of nitrogens with two attached hydrogens (primary N) is 1. The highest BCUT2D eigenvalue weighted by atomic mass is 32.1. The Morgan fingerprint density at radius 2 is 1.78 bits per heavy atom. The highest BCUT2D eigenvalue weighted by molar-refractivity contribution is 7.15. The van der Waals surface area contributed by atoms with Crippen molar-refractivity contribution >= 4 is 39.5 Å². The summed E-state index contributed by atoms with van der Waals surface area (Å²) < 4.78 is 6.78. The average molecular weight is 445 g/mol. The maximum Gasteiger partial charge on any atom is 0.340 e. The molecule has 0 unspecified atom stereocenters. The molecule has 4 aromatic rings. The number of carbonyl (C=O) groups is 3. The maximum atomic E-state index is 13.0. The summed E-state index contributed by atoms with van der Waals surface area (Å²) >= 11 is 1.31. The first-order chi connectivity index (χ1) is 15.4. The minimum atomic E-state index is -0.784. The van der Waals surface area contributed by atoms with Gasteiger partial charge in [-0.2, -0.15) is 0 Å². The third kappa shape index (κ3) is 2.94. The van der Waals surface area contributed by atoms with Crippen LogP contribution in [0.1, 0.15) is 53.6 Å². The van der Waals surface area contributed by atoms with Crippen LogP contribution in [0.3, 0.4) is 0 Å². The molecule has 32 heavy (non-hydrogen) atoms. The lowest BCUT2D eigenvalue weighted by molar-refractivity contribution is 0.0468. The van der Waals surface area contributed by atoms with Crippen LogP contribution < -0.4 is 11.3 Å². The minimum absolute atomic E-state index is 0.00463. The van der Waals surface area contributed by atoms with Crippen molar-refractivity contribution < 1.29 is 19.1 Å². The molecule has 1 aliphatic rings. The van der Waals surface area contributed by atoms with Gasteiger partial charge in [0.1, 0.15) is 6.61 Å². The molecule has 2 aromatic heterocycles. The zero-order valence-corrected chi connectivity index (χ0v) is 17.6.